The van der Waals surface area contributed by atoms with Crippen LogP contribution in [0.5, 0.6) is 0 Å². The Bertz CT molecular complexity index is 455. The fourth-order valence-electron chi connectivity index (χ4n) is 2.92. The molecule has 0 bridgehead atoms. The molecule has 1 aromatic rings. The van der Waals surface area contributed by atoms with Gasteiger partial charge in [0.25, 0.3) is 0 Å². The van der Waals surface area contributed by atoms with Crippen LogP contribution in [0.15, 0.2) is 18.2 Å². The van der Waals surface area contributed by atoms with E-state index in [4.69, 9.17) is 5.73 Å². The monoisotopic (exact) mass is 279 g/mol. The van der Waals surface area contributed by atoms with Gasteiger partial charge < -0.3 is 10.6 Å². The maximum absolute atomic E-state index is 13.4. The quantitative estimate of drug-likeness (QED) is 0.909. The normalized spacial score (nSPS) is 20.9. The van der Waals surface area contributed by atoms with E-state index in [0.29, 0.717) is 12.1 Å². The number of hydrogen-bond acceptors (Lipinski definition) is 3. The van der Waals surface area contributed by atoms with Crippen molar-refractivity contribution in [2.45, 2.75) is 25.8 Å². The van der Waals surface area contributed by atoms with Gasteiger partial charge in [-0.3, -0.25) is 4.90 Å². The lowest BCUT2D eigenvalue weighted by atomic mass is 9.89. The number of nitrogens with two attached hydrogens (primary N) is 1. The number of hydrogen-bond donors (Lipinski definition) is 1. The first-order chi connectivity index (χ1) is 9.44. The zero-order valence-electron chi connectivity index (χ0n) is 12.8. The number of nitrogens with zero attached hydrogens (tertiary/aromatic N) is 2. The van der Waals surface area contributed by atoms with Gasteiger partial charge >= 0.3 is 0 Å². The molecule has 112 valence electrons. The average molecular weight is 279 g/mol. The predicted octanol–water partition coefficient (Wildman–Crippen LogP) is 1.64. The summed E-state index contributed by atoms with van der Waals surface area (Å²) in [5.74, 6) is -0.136. The topological polar surface area (TPSA) is 32.5 Å². The van der Waals surface area contributed by atoms with Gasteiger partial charge in [0.05, 0.1) is 0 Å². The third-order valence-corrected chi connectivity index (χ3v) is 4.51. The smallest absolute Gasteiger partial charge is 0.126 e. The largest absolute Gasteiger partial charge is 0.329 e. The Balaban J connectivity index is 2.12. The van der Waals surface area contributed by atoms with Crippen molar-refractivity contribution in [3.8, 4) is 0 Å². The maximum atomic E-state index is 13.4. The van der Waals surface area contributed by atoms with Crippen LogP contribution >= 0.6 is 0 Å². The highest BCUT2D eigenvalue weighted by Gasteiger charge is 2.32. The summed E-state index contributed by atoms with van der Waals surface area (Å²) in [6.45, 7) is 8.91. The SMILES string of the molecule is Cc1cc(CC(C)(CN)N2CCN(C)CC2)ccc1F. The zero-order chi connectivity index (χ0) is 14.8. The van der Waals surface area contributed by atoms with Gasteiger partial charge in [0.2, 0.25) is 0 Å². The molecule has 1 heterocycles. The molecule has 3 nitrogen and oxygen atoms in total. The Hall–Kier alpha value is -0.970. The van der Waals surface area contributed by atoms with Crippen LogP contribution in [0.2, 0.25) is 0 Å². The van der Waals surface area contributed by atoms with Gasteiger partial charge in [-0.15, -0.1) is 0 Å². The molecule has 1 aliphatic rings. The van der Waals surface area contributed by atoms with Crippen LogP contribution in [-0.4, -0.2) is 55.1 Å². The summed E-state index contributed by atoms with van der Waals surface area (Å²) in [5.41, 5.74) is 7.88. The molecule has 0 aliphatic carbocycles. The van der Waals surface area contributed by atoms with Gasteiger partial charge in [-0.2, -0.15) is 0 Å². The Kier molecular flexibility index (Phi) is 4.78. The van der Waals surface area contributed by atoms with E-state index in [1.165, 1.54) is 0 Å². The molecule has 20 heavy (non-hydrogen) atoms. The van der Waals surface area contributed by atoms with E-state index in [1.807, 2.05) is 19.1 Å². The average Bonchev–Trinajstić information content (AvgIpc) is 2.43. The summed E-state index contributed by atoms with van der Waals surface area (Å²) in [4.78, 5) is 4.82. The predicted molar refractivity (Wildman–Crippen MR) is 81.4 cm³/mol. The van der Waals surface area contributed by atoms with Crippen LogP contribution in [0.1, 0.15) is 18.1 Å². The van der Waals surface area contributed by atoms with Crippen molar-refractivity contribution in [1.82, 2.24) is 9.80 Å². The summed E-state index contributed by atoms with van der Waals surface area (Å²) in [5, 5.41) is 0. The molecule has 0 saturated carbocycles. The van der Waals surface area contributed by atoms with E-state index in [1.54, 1.807) is 6.07 Å². The first-order valence-electron chi connectivity index (χ1n) is 7.33. The van der Waals surface area contributed by atoms with Gasteiger partial charge in [0.15, 0.2) is 0 Å². The van der Waals surface area contributed by atoms with Crippen LogP contribution in [-0.2, 0) is 6.42 Å². The second kappa shape index (κ2) is 6.20. The fraction of sp³-hybridized carbons (Fsp3) is 0.625. The van der Waals surface area contributed by atoms with Gasteiger partial charge in [0.1, 0.15) is 5.82 Å². The first-order valence-corrected chi connectivity index (χ1v) is 7.33. The molecule has 0 spiro atoms. The van der Waals surface area contributed by atoms with Crippen LogP contribution in [0.4, 0.5) is 4.39 Å². The number of halogens is 1. The second-order valence-electron chi connectivity index (χ2n) is 6.25. The number of aryl methyl sites for hydroxylation is 1. The summed E-state index contributed by atoms with van der Waals surface area (Å²) >= 11 is 0. The number of piperazine rings is 1. The highest BCUT2D eigenvalue weighted by molar-refractivity contribution is 5.25. The molecule has 2 rings (SSSR count). The van der Waals surface area contributed by atoms with E-state index >= 15 is 0 Å². The fourth-order valence-corrected chi connectivity index (χ4v) is 2.92. The lowest BCUT2D eigenvalue weighted by Gasteiger charge is -2.45. The third-order valence-electron chi connectivity index (χ3n) is 4.51. The molecule has 1 aliphatic heterocycles. The molecule has 1 fully saturated rings. The summed E-state index contributed by atoms with van der Waals surface area (Å²) in [6, 6.07) is 5.39. The van der Waals surface area contributed by atoms with Crippen molar-refractivity contribution in [2.24, 2.45) is 5.73 Å². The van der Waals surface area contributed by atoms with Crippen molar-refractivity contribution >= 4 is 0 Å². The molecule has 0 aromatic heterocycles. The minimum absolute atomic E-state index is 0.0501. The maximum Gasteiger partial charge on any atom is 0.126 e. The molecule has 1 aromatic carbocycles. The van der Waals surface area contributed by atoms with Gasteiger partial charge in [-0.25, -0.2) is 4.39 Å². The number of benzene rings is 1. The van der Waals surface area contributed by atoms with Gasteiger partial charge in [-0.05, 0) is 44.5 Å². The van der Waals surface area contributed by atoms with E-state index in [-0.39, 0.29) is 11.4 Å². The van der Waals surface area contributed by atoms with Crippen LogP contribution < -0.4 is 5.73 Å². The van der Waals surface area contributed by atoms with Crippen molar-refractivity contribution in [1.29, 1.82) is 0 Å². The highest BCUT2D eigenvalue weighted by Crippen LogP contribution is 2.22. The van der Waals surface area contributed by atoms with E-state index in [0.717, 1.165) is 38.2 Å². The van der Waals surface area contributed by atoms with Gasteiger partial charge in [-0.1, -0.05) is 12.1 Å². The van der Waals surface area contributed by atoms with E-state index in [2.05, 4.69) is 23.8 Å². The van der Waals surface area contributed by atoms with Crippen molar-refractivity contribution < 1.29 is 4.39 Å². The zero-order valence-corrected chi connectivity index (χ0v) is 12.8. The molecular formula is C16H26FN3. The molecule has 1 saturated heterocycles. The molecule has 1 atom stereocenters. The molecule has 0 amide bonds. The van der Waals surface area contributed by atoms with Crippen molar-refractivity contribution in [2.75, 3.05) is 39.8 Å². The molecule has 4 heteroatoms. The van der Waals surface area contributed by atoms with Crippen LogP contribution in [0, 0.1) is 12.7 Å². The molecular weight excluding hydrogens is 253 g/mol. The second-order valence-corrected chi connectivity index (χ2v) is 6.25. The van der Waals surface area contributed by atoms with Gasteiger partial charge in [0, 0.05) is 38.3 Å². The summed E-state index contributed by atoms with van der Waals surface area (Å²) < 4.78 is 13.4. The third kappa shape index (κ3) is 3.37. The van der Waals surface area contributed by atoms with Crippen LogP contribution in [0.25, 0.3) is 0 Å². The lowest BCUT2D eigenvalue weighted by Crippen LogP contribution is -2.59. The minimum atomic E-state index is -0.136. The Morgan fingerprint density at radius 3 is 2.45 bits per heavy atom. The molecule has 0 radical (unpaired) electrons. The lowest BCUT2D eigenvalue weighted by molar-refractivity contribution is 0.0559. The Morgan fingerprint density at radius 1 is 1.25 bits per heavy atom. The van der Waals surface area contributed by atoms with Crippen molar-refractivity contribution in [3.05, 3.63) is 35.1 Å². The molecule has 2 N–H and O–H groups in total. The van der Waals surface area contributed by atoms with E-state index in [9.17, 15) is 4.39 Å². The number of rotatable bonds is 4. The summed E-state index contributed by atoms with van der Waals surface area (Å²) in [7, 11) is 2.15. The van der Waals surface area contributed by atoms with Crippen molar-refractivity contribution in [3.63, 3.8) is 0 Å². The number of likely N-dealkylation sites (N-methyl/N-ethyl adjacent to an activating group) is 1. The highest BCUT2D eigenvalue weighted by atomic mass is 19.1. The standard InChI is InChI=1S/C16H26FN3/c1-13-10-14(4-5-15(13)17)11-16(2,12-18)20-8-6-19(3)7-9-20/h4-5,10H,6-9,11-12,18H2,1-3H3. The Morgan fingerprint density at radius 2 is 1.90 bits per heavy atom. The minimum Gasteiger partial charge on any atom is -0.329 e. The Labute approximate surface area is 121 Å². The van der Waals surface area contributed by atoms with E-state index < -0.39 is 0 Å². The molecule has 1 unspecified atom stereocenters. The summed E-state index contributed by atoms with van der Waals surface area (Å²) in [6.07, 6.45) is 0.869. The first kappa shape index (κ1) is 15.4. The van der Waals surface area contributed by atoms with Crippen LogP contribution in [0.3, 0.4) is 0 Å².